The standard InChI is InChI=1S/C29H31N9O3/c1-34-13-15-35(16-14-34)21-8-6-7-20(17-21)31-29-30-18-22-26(33-29)38-24-10-9-23-27(32-24)36(25(39)19-41-23)11-4-2-3-5-12-37(38)28(22)40/h6-10,18,21H,2,4,11-17,19H2,1H3,(H,30,31,33). The number of nitrogens with one attached hydrogen (secondary N) is 1. The Morgan fingerprint density at radius 2 is 1.95 bits per heavy atom. The van der Waals surface area contributed by atoms with Crippen molar-refractivity contribution in [3.8, 4) is 23.4 Å². The summed E-state index contributed by atoms with van der Waals surface area (Å²) in [5.41, 5.74) is 1.17. The van der Waals surface area contributed by atoms with Gasteiger partial charge in [0, 0.05) is 63.5 Å². The van der Waals surface area contributed by atoms with Crippen LogP contribution in [-0.4, -0.2) is 92.4 Å². The highest BCUT2D eigenvalue weighted by molar-refractivity contribution is 5.96. The van der Waals surface area contributed by atoms with E-state index < -0.39 is 0 Å². The number of ether oxygens (including phenoxy) is 1. The molecule has 12 heteroatoms. The summed E-state index contributed by atoms with van der Waals surface area (Å²) < 4.78 is 8.84. The van der Waals surface area contributed by atoms with Crippen molar-refractivity contribution in [3.05, 3.63) is 52.6 Å². The summed E-state index contributed by atoms with van der Waals surface area (Å²) >= 11 is 0. The van der Waals surface area contributed by atoms with Gasteiger partial charge in [-0.1, -0.05) is 18.1 Å². The van der Waals surface area contributed by atoms with Gasteiger partial charge in [-0.05, 0) is 31.7 Å². The molecule has 1 N–H and O–H groups in total. The van der Waals surface area contributed by atoms with Crippen molar-refractivity contribution in [2.24, 2.45) is 0 Å². The highest BCUT2D eigenvalue weighted by atomic mass is 16.5. The predicted octanol–water partition coefficient (Wildman–Crippen LogP) is 1.37. The number of aromatic nitrogens is 5. The van der Waals surface area contributed by atoms with E-state index in [2.05, 4.69) is 51.1 Å². The van der Waals surface area contributed by atoms with Gasteiger partial charge in [0.15, 0.2) is 29.6 Å². The van der Waals surface area contributed by atoms with Crippen LogP contribution < -0.4 is 20.5 Å². The second-order valence-corrected chi connectivity index (χ2v) is 10.7. The van der Waals surface area contributed by atoms with Crippen LogP contribution in [-0.2, 0) is 11.3 Å². The van der Waals surface area contributed by atoms with Crippen molar-refractivity contribution in [2.75, 3.05) is 56.6 Å². The third-order valence-electron chi connectivity index (χ3n) is 8.00. The van der Waals surface area contributed by atoms with Crippen LogP contribution in [0.4, 0.5) is 11.8 Å². The molecule has 6 heterocycles. The monoisotopic (exact) mass is 553 g/mol. The molecule has 210 valence electrons. The quantitative estimate of drug-likeness (QED) is 0.481. The highest BCUT2D eigenvalue weighted by Gasteiger charge is 2.29. The average molecular weight is 554 g/mol. The van der Waals surface area contributed by atoms with Crippen molar-refractivity contribution in [2.45, 2.75) is 31.8 Å². The van der Waals surface area contributed by atoms with Gasteiger partial charge in [-0.25, -0.2) is 19.3 Å². The normalized spacial score (nSPS) is 21.2. The van der Waals surface area contributed by atoms with E-state index in [1.165, 1.54) is 4.68 Å². The lowest BCUT2D eigenvalue weighted by Crippen LogP contribution is -2.48. The van der Waals surface area contributed by atoms with Crippen LogP contribution in [0.5, 0.6) is 5.75 Å². The minimum absolute atomic E-state index is 0.0280. The minimum Gasteiger partial charge on any atom is -0.480 e. The summed E-state index contributed by atoms with van der Waals surface area (Å²) in [7, 11) is 2.16. The van der Waals surface area contributed by atoms with Crippen LogP contribution in [0.15, 0.2) is 47.0 Å². The lowest BCUT2D eigenvalue weighted by molar-refractivity contribution is -0.121. The fourth-order valence-electron chi connectivity index (χ4n) is 5.73. The van der Waals surface area contributed by atoms with E-state index in [-0.39, 0.29) is 24.6 Å². The summed E-state index contributed by atoms with van der Waals surface area (Å²) in [6.07, 6.45) is 10.0. The maximum atomic E-state index is 13.5. The van der Waals surface area contributed by atoms with Gasteiger partial charge in [-0.2, -0.15) is 4.98 Å². The molecule has 0 saturated carbocycles. The zero-order valence-electron chi connectivity index (χ0n) is 22.9. The zero-order valence-corrected chi connectivity index (χ0v) is 22.9. The number of allylic oxidation sites excluding steroid dienone is 2. The van der Waals surface area contributed by atoms with Crippen LogP contribution in [0, 0.1) is 11.8 Å². The van der Waals surface area contributed by atoms with E-state index in [9.17, 15) is 9.59 Å². The third-order valence-corrected chi connectivity index (χ3v) is 8.00. The molecule has 12 nitrogen and oxygen atoms in total. The number of carbonyl (C=O) groups is 1. The first-order valence-corrected chi connectivity index (χ1v) is 14.0. The summed E-state index contributed by atoms with van der Waals surface area (Å²) in [6.45, 7) is 4.83. The number of amides is 1. The highest BCUT2D eigenvalue weighted by Crippen LogP contribution is 2.32. The van der Waals surface area contributed by atoms with E-state index in [4.69, 9.17) is 14.7 Å². The summed E-state index contributed by atoms with van der Waals surface area (Å²) in [5, 5.41) is 3.75. The maximum absolute atomic E-state index is 13.5. The number of pyridine rings is 1. The number of likely N-dealkylation sites (N-methyl/N-ethyl adjacent to an activating group) is 1. The Balaban J connectivity index is 1.25. The van der Waals surface area contributed by atoms with Gasteiger partial charge in [0.05, 0.1) is 0 Å². The molecule has 1 amide bonds. The number of hydrogen-bond acceptors (Lipinski definition) is 9. The van der Waals surface area contributed by atoms with Gasteiger partial charge in [0.25, 0.3) is 11.5 Å². The zero-order chi connectivity index (χ0) is 27.9. The fourth-order valence-corrected chi connectivity index (χ4v) is 5.73. The van der Waals surface area contributed by atoms with E-state index in [1.807, 2.05) is 6.08 Å². The van der Waals surface area contributed by atoms with Gasteiger partial charge < -0.3 is 15.0 Å². The number of anilines is 2. The molecule has 0 radical (unpaired) electrons. The number of nitrogens with zero attached hydrogens (tertiary/aromatic N) is 8. The largest absolute Gasteiger partial charge is 0.480 e. The third kappa shape index (κ3) is 4.77. The topological polar surface area (TPSA) is 114 Å². The molecule has 0 spiro atoms. The molecule has 1 saturated heterocycles. The van der Waals surface area contributed by atoms with Gasteiger partial charge in [0.2, 0.25) is 5.95 Å². The Bertz CT molecular complexity index is 1700. The Morgan fingerprint density at radius 3 is 2.83 bits per heavy atom. The Hall–Kier alpha value is -4.47. The first-order chi connectivity index (χ1) is 20.0. The molecule has 7 rings (SSSR count). The Kier molecular flexibility index (Phi) is 6.53. The van der Waals surface area contributed by atoms with Gasteiger partial charge >= 0.3 is 0 Å². The molecule has 3 aliphatic heterocycles. The molecule has 1 unspecified atom stereocenters. The average Bonchev–Trinajstić information content (AvgIpc) is 3.25. The summed E-state index contributed by atoms with van der Waals surface area (Å²) in [5.74, 6) is 7.90. The molecule has 2 bridgehead atoms. The first-order valence-electron chi connectivity index (χ1n) is 14.0. The van der Waals surface area contributed by atoms with E-state index in [0.717, 1.165) is 38.3 Å². The molecule has 1 aliphatic carbocycles. The molecule has 4 aliphatic rings. The number of fused-ring (bicyclic) bond motifs is 5. The van der Waals surface area contributed by atoms with E-state index >= 15 is 0 Å². The lowest BCUT2D eigenvalue weighted by atomic mass is 10.0. The molecule has 3 aromatic rings. The van der Waals surface area contributed by atoms with E-state index in [1.54, 1.807) is 27.9 Å². The summed E-state index contributed by atoms with van der Waals surface area (Å²) in [6, 6.07) is 3.86. The van der Waals surface area contributed by atoms with Crippen LogP contribution in [0.2, 0.25) is 0 Å². The molecular formula is C29H31N9O3. The number of carbonyl (C=O) groups excluding carboxylic acids is 1. The molecule has 1 atom stereocenters. The van der Waals surface area contributed by atoms with Crippen molar-refractivity contribution < 1.29 is 9.53 Å². The smallest absolute Gasteiger partial charge is 0.279 e. The van der Waals surface area contributed by atoms with Crippen LogP contribution in [0.25, 0.3) is 16.9 Å². The number of piperazine rings is 1. The second-order valence-electron chi connectivity index (χ2n) is 10.7. The van der Waals surface area contributed by atoms with Gasteiger partial charge in [0.1, 0.15) is 11.9 Å². The predicted molar refractivity (Wildman–Crippen MR) is 154 cm³/mol. The number of rotatable bonds is 3. The SMILES string of the molecule is CN1CCN(C2C=CC=C(Nc3ncc4c(=O)n5n(c4n3)-c3ccc4c(n3)N(CCCC#CC5)C(=O)CO4)C2)CC1. The van der Waals surface area contributed by atoms with Crippen molar-refractivity contribution in [1.29, 1.82) is 0 Å². The van der Waals surface area contributed by atoms with Crippen molar-refractivity contribution >= 4 is 28.7 Å². The molecule has 1 fully saturated rings. The second kappa shape index (κ2) is 10.5. The van der Waals surface area contributed by atoms with Crippen molar-refractivity contribution in [1.82, 2.24) is 34.1 Å². The first kappa shape index (κ1) is 25.5. The number of hydrogen-bond donors (Lipinski definition) is 1. The van der Waals surface area contributed by atoms with Crippen LogP contribution in [0.3, 0.4) is 0 Å². The summed E-state index contributed by atoms with van der Waals surface area (Å²) in [4.78, 5) is 46.8. The lowest BCUT2D eigenvalue weighted by Gasteiger charge is -2.37. The molecular weight excluding hydrogens is 522 g/mol. The van der Waals surface area contributed by atoms with Crippen LogP contribution in [0.1, 0.15) is 19.3 Å². The fraction of sp³-hybridized carbons (Fsp3) is 0.414. The van der Waals surface area contributed by atoms with E-state index in [0.29, 0.717) is 59.8 Å². The molecule has 3 aromatic heterocycles. The van der Waals surface area contributed by atoms with Gasteiger partial charge in [-0.3, -0.25) is 19.4 Å². The minimum atomic E-state index is -0.253. The van der Waals surface area contributed by atoms with Gasteiger partial charge in [-0.15, -0.1) is 5.92 Å². The van der Waals surface area contributed by atoms with Crippen molar-refractivity contribution in [3.63, 3.8) is 0 Å². The Labute approximate surface area is 236 Å². The Morgan fingerprint density at radius 1 is 1.07 bits per heavy atom. The van der Waals surface area contributed by atoms with Crippen LogP contribution >= 0.6 is 0 Å². The molecule has 41 heavy (non-hydrogen) atoms. The molecule has 0 aromatic carbocycles. The maximum Gasteiger partial charge on any atom is 0.279 e.